The van der Waals surface area contributed by atoms with Crippen LogP contribution < -0.4 is 14.8 Å². The number of fused-ring (bicyclic) bond motifs is 1. The van der Waals surface area contributed by atoms with Crippen LogP contribution in [0.3, 0.4) is 0 Å². The van der Waals surface area contributed by atoms with Gasteiger partial charge in [-0.3, -0.25) is 9.69 Å². The number of anilines is 1. The van der Waals surface area contributed by atoms with E-state index in [4.69, 9.17) is 9.47 Å². The Morgan fingerprint density at radius 3 is 2.10 bits per heavy atom. The second-order valence-corrected chi connectivity index (χ2v) is 7.05. The van der Waals surface area contributed by atoms with Gasteiger partial charge in [0, 0.05) is 11.8 Å². The van der Waals surface area contributed by atoms with Gasteiger partial charge < -0.3 is 14.8 Å². The summed E-state index contributed by atoms with van der Waals surface area (Å²) in [5.74, 6) is 1.29. The number of ether oxygens (including phenoxy) is 2. The maximum atomic E-state index is 12.7. The molecule has 0 fully saturated rings. The zero-order chi connectivity index (χ0) is 20.1. The number of nitrogens with zero attached hydrogens (tertiary/aromatic N) is 1. The molecule has 0 atom stereocenters. The van der Waals surface area contributed by atoms with Crippen LogP contribution in [-0.4, -0.2) is 37.6 Å². The van der Waals surface area contributed by atoms with Crippen molar-refractivity contribution in [3.05, 3.63) is 90.0 Å². The molecule has 5 nitrogen and oxygen atoms in total. The molecular formula is C24H24N2O3. The number of likely N-dealkylation sites (N-methyl/N-ethyl adjacent to an activating group) is 1. The Balaban J connectivity index is 1.48. The molecule has 0 bridgehead atoms. The van der Waals surface area contributed by atoms with Crippen LogP contribution in [0.1, 0.15) is 17.2 Å². The minimum absolute atomic E-state index is 0.0107. The van der Waals surface area contributed by atoms with Crippen LogP contribution in [0.15, 0.2) is 78.9 Å². The van der Waals surface area contributed by atoms with E-state index >= 15 is 0 Å². The van der Waals surface area contributed by atoms with E-state index in [9.17, 15) is 4.79 Å². The monoisotopic (exact) mass is 388 g/mol. The summed E-state index contributed by atoms with van der Waals surface area (Å²) in [7, 11) is 1.97. The lowest BCUT2D eigenvalue weighted by atomic mass is 9.97. The van der Waals surface area contributed by atoms with E-state index in [2.05, 4.69) is 34.5 Å². The molecule has 1 aliphatic heterocycles. The number of rotatable bonds is 6. The Bertz CT molecular complexity index is 921. The highest BCUT2D eigenvalue weighted by Gasteiger charge is 2.21. The highest BCUT2D eigenvalue weighted by Crippen LogP contribution is 2.33. The largest absolute Gasteiger partial charge is 0.486 e. The summed E-state index contributed by atoms with van der Waals surface area (Å²) in [6.45, 7) is 1.32. The van der Waals surface area contributed by atoms with Gasteiger partial charge in [0.2, 0.25) is 5.91 Å². The Labute approximate surface area is 170 Å². The third kappa shape index (κ3) is 4.58. The minimum atomic E-state index is -0.0824. The molecule has 4 rings (SSSR count). The second kappa shape index (κ2) is 8.80. The summed E-state index contributed by atoms with van der Waals surface area (Å²) in [4.78, 5) is 14.8. The van der Waals surface area contributed by atoms with Gasteiger partial charge in [-0.05, 0) is 30.3 Å². The van der Waals surface area contributed by atoms with Crippen LogP contribution >= 0.6 is 0 Å². The maximum Gasteiger partial charge on any atom is 0.238 e. The molecule has 5 heteroatoms. The zero-order valence-corrected chi connectivity index (χ0v) is 16.4. The first-order valence-corrected chi connectivity index (χ1v) is 9.70. The van der Waals surface area contributed by atoms with Crippen LogP contribution in [0, 0.1) is 0 Å². The van der Waals surface area contributed by atoms with E-state index in [0.717, 1.165) is 11.1 Å². The summed E-state index contributed by atoms with van der Waals surface area (Å²) >= 11 is 0. The van der Waals surface area contributed by atoms with Gasteiger partial charge in [-0.25, -0.2) is 0 Å². The maximum absolute atomic E-state index is 12.7. The van der Waals surface area contributed by atoms with Crippen LogP contribution in [0.5, 0.6) is 11.5 Å². The van der Waals surface area contributed by atoms with Gasteiger partial charge in [0.05, 0.1) is 12.6 Å². The molecule has 1 aliphatic rings. The van der Waals surface area contributed by atoms with Gasteiger partial charge in [0.1, 0.15) is 13.2 Å². The lowest BCUT2D eigenvalue weighted by Crippen LogP contribution is -2.34. The molecule has 1 N–H and O–H groups in total. The minimum Gasteiger partial charge on any atom is -0.486 e. The van der Waals surface area contributed by atoms with E-state index in [1.165, 1.54) is 0 Å². The average Bonchev–Trinajstić information content (AvgIpc) is 2.75. The van der Waals surface area contributed by atoms with Crippen LogP contribution in [-0.2, 0) is 4.79 Å². The van der Waals surface area contributed by atoms with Crippen molar-refractivity contribution in [1.82, 2.24) is 4.90 Å². The Morgan fingerprint density at radius 1 is 0.897 bits per heavy atom. The molecule has 1 heterocycles. The molecule has 0 aliphatic carbocycles. The molecule has 0 unspecified atom stereocenters. The van der Waals surface area contributed by atoms with E-state index in [0.29, 0.717) is 30.4 Å². The fourth-order valence-corrected chi connectivity index (χ4v) is 3.61. The molecule has 0 radical (unpaired) electrons. The van der Waals surface area contributed by atoms with Crippen molar-refractivity contribution in [2.75, 3.05) is 32.1 Å². The van der Waals surface area contributed by atoms with Crippen molar-refractivity contribution >= 4 is 11.6 Å². The first kappa shape index (κ1) is 19.0. The number of hydrogen-bond acceptors (Lipinski definition) is 4. The number of nitrogens with one attached hydrogen (secondary N) is 1. The van der Waals surface area contributed by atoms with E-state index in [1.54, 1.807) is 6.07 Å². The fourth-order valence-electron chi connectivity index (χ4n) is 3.61. The molecule has 3 aromatic carbocycles. The topological polar surface area (TPSA) is 50.8 Å². The predicted octanol–water partition coefficient (Wildman–Crippen LogP) is 4.12. The molecule has 1 amide bonds. The van der Waals surface area contributed by atoms with Gasteiger partial charge in [-0.2, -0.15) is 0 Å². The van der Waals surface area contributed by atoms with Gasteiger partial charge >= 0.3 is 0 Å². The molecule has 148 valence electrons. The first-order chi connectivity index (χ1) is 14.2. The summed E-state index contributed by atoms with van der Waals surface area (Å²) in [6.07, 6.45) is 0. The normalized spacial score (nSPS) is 12.8. The summed E-state index contributed by atoms with van der Waals surface area (Å²) in [5.41, 5.74) is 2.99. The third-order valence-corrected chi connectivity index (χ3v) is 4.89. The summed E-state index contributed by atoms with van der Waals surface area (Å²) < 4.78 is 11.1. The van der Waals surface area contributed by atoms with Crippen molar-refractivity contribution in [3.63, 3.8) is 0 Å². The van der Waals surface area contributed by atoms with Crippen LogP contribution in [0.2, 0.25) is 0 Å². The van der Waals surface area contributed by atoms with Gasteiger partial charge in [0.15, 0.2) is 11.5 Å². The Hall–Kier alpha value is -3.31. The Kier molecular flexibility index (Phi) is 5.77. The molecule has 3 aromatic rings. The van der Waals surface area contributed by atoms with Gasteiger partial charge in [-0.1, -0.05) is 60.7 Å². The summed E-state index contributed by atoms with van der Waals surface area (Å²) in [5, 5.41) is 2.96. The zero-order valence-electron chi connectivity index (χ0n) is 16.4. The van der Waals surface area contributed by atoms with Crippen molar-refractivity contribution < 1.29 is 14.3 Å². The highest BCUT2D eigenvalue weighted by atomic mass is 16.6. The number of amides is 1. The average molecular weight is 388 g/mol. The predicted molar refractivity (Wildman–Crippen MR) is 113 cm³/mol. The molecular weight excluding hydrogens is 364 g/mol. The smallest absolute Gasteiger partial charge is 0.238 e. The first-order valence-electron chi connectivity index (χ1n) is 9.70. The van der Waals surface area contributed by atoms with Crippen molar-refractivity contribution in [3.8, 4) is 11.5 Å². The fraction of sp³-hybridized carbons (Fsp3) is 0.208. The SMILES string of the molecule is CN(CC(=O)Nc1ccc2c(c1)OCCO2)C(c1ccccc1)c1ccccc1. The molecule has 0 saturated carbocycles. The molecule has 29 heavy (non-hydrogen) atoms. The number of carbonyl (C=O) groups excluding carboxylic acids is 1. The van der Waals surface area contributed by atoms with E-state index in [1.807, 2.05) is 55.6 Å². The number of benzene rings is 3. The van der Waals surface area contributed by atoms with Crippen molar-refractivity contribution in [2.24, 2.45) is 0 Å². The van der Waals surface area contributed by atoms with Crippen molar-refractivity contribution in [2.45, 2.75) is 6.04 Å². The summed E-state index contributed by atoms with van der Waals surface area (Å²) in [6, 6.07) is 25.9. The van der Waals surface area contributed by atoms with Gasteiger partial charge in [0.25, 0.3) is 0 Å². The van der Waals surface area contributed by atoms with E-state index < -0.39 is 0 Å². The van der Waals surface area contributed by atoms with Crippen LogP contribution in [0.4, 0.5) is 5.69 Å². The quantitative estimate of drug-likeness (QED) is 0.690. The molecule has 0 saturated heterocycles. The number of carbonyl (C=O) groups is 1. The molecule has 0 spiro atoms. The lowest BCUT2D eigenvalue weighted by molar-refractivity contribution is -0.117. The lowest BCUT2D eigenvalue weighted by Gasteiger charge is -2.28. The number of hydrogen-bond donors (Lipinski definition) is 1. The van der Waals surface area contributed by atoms with Gasteiger partial charge in [-0.15, -0.1) is 0 Å². The molecule has 0 aromatic heterocycles. The third-order valence-electron chi connectivity index (χ3n) is 4.89. The standard InChI is InChI=1S/C24H24N2O3/c1-26(24(18-8-4-2-5-9-18)19-10-6-3-7-11-19)17-23(27)25-20-12-13-21-22(16-20)29-15-14-28-21/h2-13,16,24H,14-15,17H2,1H3,(H,25,27). The second-order valence-electron chi connectivity index (χ2n) is 7.05. The van der Waals surface area contributed by atoms with Crippen molar-refractivity contribution in [1.29, 1.82) is 0 Å². The highest BCUT2D eigenvalue weighted by molar-refractivity contribution is 5.92. The van der Waals surface area contributed by atoms with Crippen LogP contribution in [0.25, 0.3) is 0 Å². The van der Waals surface area contributed by atoms with E-state index in [-0.39, 0.29) is 18.5 Å². The Morgan fingerprint density at radius 2 is 1.48 bits per heavy atom.